The first kappa shape index (κ1) is 16.3. The van der Waals surface area contributed by atoms with Gasteiger partial charge in [0.15, 0.2) is 5.82 Å². The summed E-state index contributed by atoms with van der Waals surface area (Å²) in [7, 11) is 0. The zero-order valence-corrected chi connectivity index (χ0v) is 14.4. The average Bonchev–Trinajstić information content (AvgIpc) is 3.19. The van der Waals surface area contributed by atoms with Gasteiger partial charge in [-0.05, 0) is 38.8 Å². The van der Waals surface area contributed by atoms with Gasteiger partial charge in [0.05, 0.1) is 0 Å². The third-order valence-electron chi connectivity index (χ3n) is 5.34. The Morgan fingerprint density at radius 2 is 1.92 bits per heavy atom. The van der Waals surface area contributed by atoms with Crippen molar-refractivity contribution in [3.8, 4) is 11.4 Å². The minimum Gasteiger partial charge on any atom is -0.342 e. The number of rotatable bonds is 3. The Labute approximate surface area is 148 Å². The van der Waals surface area contributed by atoms with Crippen LogP contribution in [0.25, 0.3) is 11.4 Å². The molecule has 6 nitrogen and oxygen atoms in total. The molecule has 25 heavy (non-hydrogen) atoms. The van der Waals surface area contributed by atoms with Gasteiger partial charge in [0.2, 0.25) is 5.91 Å². The lowest BCUT2D eigenvalue weighted by Crippen LogP contribution is -2.45. The van der Waals surface area contributed by atoms with Crippen LogP contribution in [0.4, 0.5) is 0 Å². The number of hydrogen-bond acceptors (Lipinski definition) is 4. The van der Waals surface area contributed by atoms with Crippen LogP contribution in [-0.2, 0) is 4.79 Å². The van der Waals surface area contributed by atoms with Crippen LogP contribution >= 0.6 is 0 Å². The first-order valence-corrected chi connectivity index (χ1v) is 9.28. The standard InChI is InChI=1S/C19H25N5O/c25-19(15-8-10-20-11-9-15)24-12-4-7-16(13-24)18-21-17(22-23-18)14-5-2-1-3-6-14/h1-3,5-6,15-16,20H,4,7-13H2,(H,21,22,23). The fourth-order valence-electron chi connectivity index (χ4n) is 3.90. The van der Waals surface area contributed by atoms with Crippen molar-refractivity contribution in [2.45, 2.75) is 31.6 Å². The molecule has 3 heterocycles. The van der Waals surface area contributed by atoms with E-state index in [1.165, 1.54) is 0 Å². The fraction of sp³-hybridized carbons (Fsp3) is 0.526. The second kappa shape index (κ2) is 7.35. The summed E-state index contributed by atoms with van der Waals surface area (Å²) in [4.78, 5) is 19.6. The van der Waals surface area contributed by atoms with Crippen molar-refractivity contribution in [1.29, 1.82) is 0 Å². The largest absolute Gasteiger partial charge is 0.342 e. The van der Waals surface area contributed by atoms with E-state index < -0.39 is 0 Å². The van der Waals surface area contributed by atoms with E-state index in [-0.39, 0.29) is 11.8 Å². The molecule has 2 aliphatic rings. The zero-order valence-electron chi connectivity index (χ0n) is 14.4. The Morgan fingerprint density at radius 1 is 1.12 bits per heavy atom. The lowest BCUT2D eigenvalue weighted by Gasteiger charge is -2.35. The number of nitrogens with one attached hydrogen (secondary N) is 2. The molecule has 4 rings (SSSR count). The molecule has 2 N–H and O–H groups in total. The SMILES string of the molecule is O=C(C1CCNCC1)N1CCCC(c2nc(-c3ccccc3)n[nH]2)C1. The van der Waals surface area contributed by atoms with Crippen LogP contribution in [0.1, 0.15) is 37.4 Å². The highest BCUT2D eigenvalue weighted by Crippen LogP contribution is 2.28. The molecule has 2 fully saturated rings. The molecule has 0 aliphatic carbocycles. The van der Waals surface area contributed by atoms with Gasteiger partial charge < -0.3 is 10.2 Å². The number of piperidine rings is 2. The molecule has 132 valence electrons. The number of benzene rings is 1. The maximum Gasteiger partial charge on any atom is 0.225 e. The molecule has 1 amide bonds. The lowest BCUT2D eigenvalue weighted by atomic mass is 9.92. The van der Waals surface area contributed by atoms with E-state index in [9.17, 15) is 4.79 Å². The van der Waals surface area contributed by atoms with Gasteiger partial charge in [-0.25, -0.2) is 4.98 Å². The van der Waals surface area contributed by atoms with Crippen LogP contribution in [0, 0.1) is 5.92 Å². The maximum absolute atomic E-state index is 12.8. The third kappa shape index (κ3) is 3.58. The summed E-state index contributed by atoms with van der Waals surface area (Å²) in [6, 6.07) is 10.0. The predicted molar refractivity (Wildman–Crippen MR) is 96.0 cm³/mol. The molecule has 1 aromatic heterocycles. The Bertz CT molecular complexity index is 708. The highest BCUT2D eigenvalue weighted by atomic mass is 16.2. The molecule has 6 heteroatoms. The van der Waals surface area contributed by atoms with Gasteiger partial charge >= 0.3 is 0 Å². The number of amides is 1. The third-order valence-corrected chi connectivity index (χ3v) is 5.34. The molecule has 0 spiro atoms. The summed E-state index contributed by atoms with van der Waals surface area (Å²) < 4.78 is 0. The Kier molecular flexibility index (Phi) is 4.78. The van der Waals surface area contributed by atoms with Gasteiger partial charge in [-0.3, -0.25) is 9.89 Å². The van der Waals surface area contributed by atoms with E-state index in [0.29, 0.717) is 5.91 Å². The Morgan fingerprint density at radius 3 is 2.72 bits per heavy atom. The molecule has 1 aromatic carbocycles. The molecule has 1 atom stereocenters. The van der Waals surface area contributed by atoms with Crippen LogP contribution in [-0.4, -0.2) is 52.2 Å². The van der Waals surface area contributed by atoms with Crippen molar-refractivity contribution in [2.24, 2.45) is 5.92 Å². The van der Waals surface area contributed by atoms with Gasteiger partial charge in [0.25, 0.3) is 0 Å². The molecular weight excluding hydrogens is 314 g/mol. The molecule has 2 aromatic rings. The average molecular weight is 339 g/mol. The number of H-pyrrole nitrogens is 1. The summed E-state index contributed by atoms with van der Waals surface area (Å²) in [5, 5.41) is 10.8. The summed E-state index contributed by atoms with van der Waals surface area (Å²) in [6.45, 7) is 3.54. The smallest absolute Gasteiger partial charge is 0.225 e. The lowest BCUT2D eigenvalue weighted by molar-refractivity contribution is -0.137. The van der Waals surface area contributed by atoms with E-state index >= 15 is 0 Å². The van der Waals surface area contributed by atoms with E-state index in [0.717, 1.165) is 69.1 Å². The van der Waals surface area contributed by atoms with Gasteiger partial charge in [-0.2, -0.15) is 5.10 Å². The number of aromatic nitrogens is 3. The second-order valence-electron chi connectivity index (χ2n) is 7.06. The van der Waals surface area contributed by atoms with Crippen molar-refractivity contribution < 1.29 is 4.79 Å². The second-order valence-corrected chi connectivity index (χ2v) is 7.06. The quantitative estimate of drug-likeness (QED) is 0.899. The van der Waals surface area contributed by atoms with Crippen LogP contribution < -0.4 is 5.32 Å². The minimum absolute atomic E-state index is 0.189. The molecular formula is C19H25N5O. The topological polar surface area (TPSA) is 73.9 Å². The van der Waals surface area contributed by atoms with Gasteiger partial charge in [-0.1, -0.05) is 30.3 Å². The number of carbonyl (C=O) groups is 1. The van der Waals surface area contributed by atoms with E-state index in [1.54, 1.807) is 0 Å². The van der Waals surface area contributed by atoms with E-state index in [4.69, 9.17) is 4.98 Å². The van der Waals surface area contributed by atoms with Gasteiger partial charge in [0.1, 0.15) is 5.82 Å². The van der Waals surface area contributed by atoms with Crippen LogP contribution in [0.15, 0.2) is 30.3 Å². The monoisotopic (exact) mass is 339 g/mol. The van der Waals surface area contributed by atoms with Crippen molar-refractivity contribution >= 4 is 5.91 Å². The highest BCUT2D eigenvalue weighted by Gasteiger charge is 2.31. The van der Waals surface area contributed by atoms with Crippen LogP contribution in [0.2, 0.25) is 0 Å². The van der Waals surface area contributed by atoms with Crippen LogP contribution in [0.3, 0.4) is 0 Å². The number of carbonyl (C=O) groups excluding carboxylic acids is 1. The molecule has 0 radical (unpaired) electrons. The summed E-state index contributed by atoms with van der Waals surface area (Å²) in [6.07, 6.45) is 4.00. The number of nitrogens with zero attached hydrogens (tertiary/aromatic N) is 3. The molecule has 2 aliphatic heterocycles. The number of likely N-dealkylation sites (tertiary alicyclic amines) is 1. The number of aromatic amines is 1. The van der Waals surface area contributed by atoms with Gasteiger partial charge in [-0.15, -0.1) is 0 Å². The molecule has 2 saturated heterocycles. The zero-order chi connectivity index (χ0) is 17.1. The first-order valence-electron chi connectivity index (χ1n) is 9.28. The van der Waals surface area contributed by atoms with Crippen molar-refractivity contribution in [3.63, 3.8) is 0 Å². The molecule has 0 saturated carbocycles. The summed E-state index contributed by atoms with van der Waals surface area (Å²) >= 11 is 0. The van der Waals surface area contributed by atoms with Crippen molar-refractivity contribution in [1.82, 2.24) is 25.4 Å². The fourth-order valence-corrected chi connectivity index (χ4v) is 3.90. The van der Waals surface area contributed by atoms with Crippen LogP contribution in [0.5, 0.6) is 0 Å². The number of hydrogen-bond donors (Lipinski definition) is 2. The molecule has 0 bridgehead atoms. The highest BCUT2D eigenvalue weighted by molar-refractivity contribution is 5.79. The van der Waals surface area contributed by atoms with E-state index in [1.807, 2.05) is 30.3 Å². The molecule has 1 unspecified atom stereocenters. The normalized spacial score (nSPS) is 22.1. The van der Waals surface area contributed by atoms with Crippen molar-refractivity contribution in [3.05, 3.63) is 36.2 Å². The predicted octanol–water partition coefficient (Wildman–Crippen LogP) is 2.18. The summed E-state index contributed by atoms with van der Waals surface area (Å²) in [5.74, 6) is 2.41. The van der Waals surface area contributed by atoms with Gasteiger partial charge in [0, 0.05) is 30.5 Å². The Balaban J connectivity index is 1.44. The van der Waals surface area contributed by atoms with E-state index in [2.05, 4.69) is 20.4 Å². The summed E-state index contributed by atoms with van der Waals surface area (Å²) in [5.41, 5.74) is 1.02. The first-order chi connectivity index (χ1) is 12.3. The maximum atomic E-state index is 12.8. The minimum atomic E-state index is 0.189. The Hall–Kier alpha value is -2.21. The van der Waals surface area contributed by atoms with Crippen molar-refractivity contribution in [2.75, 3.05) is 26.2 Å².